The van der Waals surface area contributed by atoms with Crippen molar-refractivity contribution in [2.45, 2.75) is 44.6 Å². The molecule has 0 aromatic heterocycles. The maximum Gasteiger partial charge on any atom is 0.315 e. The number of hydrogen-bond acceptors (Lipinski definition) is 3. The smallest absolute Gasteiger partial charge is 0.315 e. The molecule has 132 valence electrons. The van der Waals surface area contributed by atoms with E-state index in [-0.39, 0.29) is 12.1 Å². The Morgan fingerprint density at radius 2 is 1.96 bits per heavy atom. The second-order valence-electron chi connectivity index (χ2n) is 6.74. The monoisotopic (exact) mass is 331 g/mol. The van der Waals surface area contributed by atoms with Crippen LogP contribution in [-0.4, -0.2) is 43.7 Å². The first-order chi connectivity index (χ1) is 11.8. The van der Waals surface area contributed by atoms with E-state index in [9.17, 15) is 4.79 Å². The highest BCUT2D eigenvalue weighted by Gasteiger charge is 2.22. The van der Waals surface area contributed by atoms with Gasteiger partial charge in [0.2, 0.25) is 0 Å². The van der Waals surface area contributed by atoms with Gasteiger partial charge in [0.1, 0.15) is 5.75 Å². The number of nitrogens with one attached hydrogen (secondary N) is 2. The fourth-order valence-electron chi connectivity index (χ4n) is 3.57. The molecule has 1 aromatic rings. The summed E-state index contributed by atoms with van der Waals surface area (Å²) in [6, 6.07) is 7.90. The number of likely N-dealkylation sites (tertiary alicyclic amines) is 1. The van der Waals surface area contributed by atoms with Crippen molar-refractivity contribution in [3.8, 4) is 5.75 Å². The van der Waals surface area contributed by atoms with Crippen molar-refractivity contribution in [2.75, 3.05) is 32.8 Å². The number of carbonyl (C=O) groups is 1. The predicted octanol–water partition coefficient (Wildman–Crippen LogP) is 3.08. The van der Waals surface area contributed by atoms with Crippen LogP contribution in [0, 0.1) is 0 Å². The number of amides is 2. The lowest BCUT2D eigenvalue weighted by Crippen LogP contribution is -2.40. The summed E-state index contributed by atoms with van der Waals surface area (Å²) in [7, 11) is 0. The minimum atomic E-state index is -0.0763. The number of fused-ring (bicyclic) bond motifs is 1. The van der Waals surface area contributed by atoms with E-state index in [0.29, 0.717) is 6.61 Å². The summed E-state index contributed by atoms with van der Waals surface area (Å²) in [6.45, 7) is 4.89. The first kappa shape index (κ1) is 17.1. The zero-order valence-corrected chi connectivity index (χ0v) is 14.4. The van der Waals surface area contributed by atoms with Crippen LogP contribution in [0.3, 0.4) is 0 Å². The summed E-state index contributed by atoms with van der Waals surface area (Å²) in [5, 5.41) is 6.08. The average Bonchev–Trinajstić information content (AvgIpc) is 2.88. The quantitative estimate of drug-likeness (QED) is 0.815. The van der Waals surface area contributed by atoms with Gasteiger partial charge in [-0.25, -0.2) is 4.79 Å². The molecule has 24 heavy (non-hydrogen) atoms. The fourth-order valence-corrected chi connectivity index (χ4v) is 3.57. The highest BCUT2D eigenvalue weighted by molar-refractivity contribution is 5.74. The lowest BCUT2D eigenvalue weighted by Gasteiger charge is -2.26. The maximum absolute atomic E-state index is 12.2. The van der Waals surface area contributed by atoms with Crippen molar-refractivity contribution in [3.63, 3.8) is 0 Å². The molecule has 5 nitrogen and oxygen atoms in total. The number of hydrogen-bond donors (Lipinski definition) is 2. The molecule has 0 radical (unpaired) electrons. The summed E-state index contributed by atoms with van der Waals surface area (Å²) in [4.78, 5) is 14.7. The SMILES string of the molecule is O=C(NCCCN1CCCCCC1)N[C@H]1CCOc2ccccc21. The lowest BCUT2D eigenvalue weighted by molar-refractivity contribution is 0.222. The van der Waals surface area contributed by atoms with E-state index >= 15 is 0 Å². The summed E-state index contributed by atoms with van der Waals surface area (Å²) < 4.78 is 5.63. The molecule has 2 aliphatic heterocycles. The van der Waals surface area contributed by atoms with E-state index in [1.807, 2.05) is 24.3 Å². The van der Waals surface area contributed by atoms with Crippen LogP contribution in [0.25, 0.3) is 0 Å². The molecule has 0 spiro atoms. The fraction of sp³-hybridized carbons (Fsp3) is 0.632. The minimum absolute atomic E-state index is 0.0422. The van der Waals surface area contributed by atoms with Crippen molar-refractivity contribution in [1.29, 1.82) is 0 Å². The van der Waals surface area contributed by atoms with Crippen LogP contribution in [0.4, 0.5) is 4.79 Å². The molecule has 0 unspecified atom stereocenters. The van der Waals surface area contributed by atoms with Crippen molar-refractivity contribution in [2.24, 2.45) is 0 Å². The molecule has 3 rings (SSSR count). The van der Waals surface area contributed by atoms with Gasteiger partial charge in [0.15, 0.2) is 0 Å². The number of nitrogens with zero attached hydrogens (tertiary/aromatic N) is 1. The number of urea groups is 1. The predicted molar refractivity (Wildman–Crippen MR) is 95.4 cm³/mol. The molecule has 0 saturated carbocycles. The van der Waals surface area contributed by atoms with Crippen molar-refractivity contribution in [3.05, 3.63) is 29.8 Å². The van der Waals surface area contributed by atoms with Crippen molar-refractivity contribution < 1.29 is 9.53 Å². The first-order valence-electron chi connectivity index (χ1n) is 9.31. The Labute approximate surface area is 144 Å². The third-order valence-electron chi connectivity index (χ3n) is 4.90. The van der Waals surface area contributed by atoms with Crippen LogP contribution in [0.5, 0.6) is 5.75 Å². The highest BCUT2D eigenvalue weighted by Crippen LogP contribution is 2.31. The largest absolute Gasteiger partial charge is 0.493 e. The Morgan fingerprint density at radius 1 is 1.17 bits per heavy atom. The van der Waals surface area contributed by atoms with Gasteiger partial charge in [0.05, 0.1) is 12.6 Å². The molecule has 2 heterocycles. The Bertz CT molecular complexity index is 527. The van der Waals surface area contributed by atoms with Gasteiger partial charge in [0.25, 0.3) is 0 Å². The zero-order chi connectivity index (χ0) is 16.6. The normalized spacial score (nSPS) is 21.2. The van der Waals surface area contributed by atoms with Crippen molar-refractivity contribution >= 4 is 6.03 Å². The minimum Gasteiger partial charge on any atom is -0.493 e. The van der Waals surface area contributed by atoms with Crippen LogP contribution in [0.2, 0.25) is 0 Å². The molecule has 0 aliphatic carbocycles. The molecule has 2 amide bonds. The first-order valence-corrected chi connectivity index (χ1v) is 9.31. The van der Waals surface area contributed by atoms with Crippen molar-refractivity contribution in [1.82, 2.24) is 15.5 Å². The molecule has 1 saturated heterocycles. The van der Waals surface area contributed by atoms with Gasteiger partial charge in [-0.1, -0.05) is 31.0 Å². The maximum atomic E-state index is 12.2. The van der Waals surface area contributed by atoms with Crippen LogP contribution in [0.15, 0.2) is 24.3 Å². The Morgan fingerprint density at radius 3 is 2.79 bits per heavy atom. The van der Waals surface area contributed by atoms with Gasteiger partial charge >= 0.3 is 6.03 Å². The highest BCUT2D eigenvalue weighted by atomic mass is 16.5. The molecular weight excluding hydrogens is 302 g/mol. The van der Waals surface area contributed by atoms with E-state index in [1.54, 1.807) is 0 Å². The number of rotatable bonds is 5. The second kappa shape index (κ2) is 8.92. The summed E-state index contributed by atoms with van der Waals surface area (Å²) in [5.74, 6) is 0.884. The van der Waals surface area contributed by atoms with Crippen LogP contribution >= 0.6 is 0 Å². The average molecular weight is 331 g/mol. The van der Waals surface area contributed by atoms with Crippen LogP contribution in [-0.2, 0) is 0 Å². The van der Waals surface area contributed by atoms with E-state index in [4.69, 9.17) is 4.74 Å². The topological polar surface area (TPSA) is 53.6 Å². The zero-order valence-electron chi connectivity index (χ0n) is 14.4. The van der Waals surface area contributed by atoms with Gasteiger partial charge in [-0.15, -0.1) is 0 Å². The van der Waals surface area contributed by atoms with Gasteiger partial charge in [0, 0.05) is 18.5 Å². The lowest BCUT2D eigenvalue weighted by atomic mass is 10.0. The van der Waals surface area contributed by atoms with E-state index < -0.39 is 0 Å². The van der Waals surface area contributed by atoms with E-state index in [1.165, 1.54) is 38.8 Å². The van der Waals surface area contributed by atoms with Gasteiger partial charge in [-0.05, 0) is 45.0 Å². The number of ether oxygens (including phenoxy) is 1. The summed E-state index contributed by atoms with van der Waals surface area (Å²) in [6.07, 6.45) is 7.19. The third kappa shape index (κ3) is 4.87. The molecule has 1 aromatic carbocycles. The molecule has 1 fully saturated rings. The second-order valence-corrected chi connectivity index (χ2v) is 6.74. The Kier molecular flexibility index (Phi) is 6.35. The molecule has 5 heteroatoms. The third-order valence-corrected chi connectivity index (χ3v) is 4.90. The van der Waals surface area contributed by atoms with Gasteiger partial charge < -0.3 is 20.3 Å². The molecule has 2 aliphatic rings. The van der Waals surface area contributed by atoms with Crippen LogP contribution in [0.1, 0.15) is 50.1 Å². The Balaban J connectivity index is 1.37. The molecular formula is C19H29N3O2. The van der Waals surface area contributed by atoms with Gasteiger partial charge in [-0.2, -0.15) is 0 Å². The van der Waals surface area contributed by atoms with E-state index in [0.717, 1.165) is 37.2 Å². The number of para-hydroxylation sites is 1. The Hall–Kier alpha value is -1.75. The standard InChI is InChI=1S/C19H29N3O2/c23-19(20-11-7-14-22-12-5-1-2-6-13-22)21-17-10-15-24-18-9-4-3-8-16(17)18/h3-4,8-9,17H,1-2,5-7,10-15H2,(H2,20,21,23)/t17-/m0/s1. The number of benzene rings is 1. The number of carbonyl (C=O) groups excluding carboxylic acids is 1. The van der Waals surface area contributed by atoms with Gasteiger partial charge in [-0.3, -0.25) is 0 Å². The summed E-state index contributed by atoms with van der Waals surface area (Å²) in [5.41, 5.74) is 1.07. The van der Waals surface area contributed by atoms with E-state index in [2.05, 4.69) is 15.5 Å². The molecule has 0 bridgehead atoms. The molecule has 1 atom stereocenters. The van der Waals surface area contributed by atoms with Crippen LogP contribution < -0.4 is 15.4 Å². The summed E-state index contributed by atoms with van der Waals surface area (Å²) >= 11 is 0. The molecule has 2 N–H and O–H groups in total.